The molecular weight excluding hydrogens is 214 g/mol. The van der Waals surface area contributed by atoms with Crippen molar-refractivity contribution in [3.63, 3.8) is 0 Å². The van der Waals surface area contributed by atoms with Gasteiger partial charge in [0.25, 0.3) is 0 Å². The van der Waals surface area contributed by atoms with Gasteiger partial charge in [0.1, 0.15) is 0 Å². The van der Waals surface area contributed by atoms with Gasteiger partial charge in [-0.05, 0) is 31.1 Å². The lowest BCUT2D eigenvalue weighted by Gasteiger charge is -2.18. The molecule has 0 saturated heterocycles. The Morgan fingerprint density at radius 3 is 2.53 bits per heavy atom. The van der Waals surface area contributed by atoms with Crippen LogP contribution in [0.4, 0.5) is 0 Å². The zero-order valence-corrected chi connectivity index (χ0v) is 11.0. The van der Waals surface area contributed by atoms with Crippen LogP contribution in [0.3, 0.4) is 0 Å². The standard InChI is InChI=1S/C13H23N3O/c1-10(2)8-15-12(17)11(3)16-9-13(4-5-13)6-7-14/h10-11,16H,4-6,8-9H2,1-3H3,(H,15,17). The zero-order valence-electron chi connectivity index (χ0n) is 11.0. The molecule has 0 heterocycles. The van der Waals surface area contributed by atoms with Gasteiger partial charge in [0.15, 0.2) is 0 Å². The van der Waals surface area contributed by atoms with Crippen LogP contribution in [0.25, 0.3) is 0 Å². The summed E-state index contributed by atoms with van der Waals surface area (Å²) in [6, 6.07) is 2.05. The summed E-state index contributed by atoms with van der Waals surface area (Å²) in [5, 5.41) is 14.8. The molecular formula is C13H23N3O. The first-order valence-corrected chi connectivity index (χ1v) is 6.37. The SMILES string of the molecule is CC(C)CNC(=O)C(C)NCC1(CC#N)CC1. The van der Waals surface area contributed by atoms with Gasteiger partial charge in [0.2, 0.25) is 5.91 Å². The fraction of sp³-hybridized carbons (Fsp3) is 0.846. The molecule has 96 valence electrons. The second-order valence-corrected chi connectivity index (χ2v) is 5.58. The first kappa shape index (κ1) is 14.0. The number of hydrogen-bond acceptors (Lipinski definition) is 3. The van der Waals surface area contributed by atoms with E-state index in [0.717, 1.165) is 19.4 Å². The van der Waals surface area contributed by atoms with Crippen molar-refractivity contribution in [3.8, 4) is 6.07 Å². The third-order valence-electron chi connectivity index (χ3n) is 3.27. The molecule has 0 radical (unpaired) electrons. The number of rotatable bonds is 7. The molecule has 4 heteroatoms. The predicted octanol–water partition coefficient (Wildman–Crippen LogP) is 1.43. The van der Waals surface area contributed by atoms with E-state index in [9.17, 15) is 4.79 Å². The number of nitriles is 1. The van der Waals surface area contributed by atoms with Crippen molar-refractivity contribution in [2.45, 2.75) is 46.1 Å². The van der Waals surface area contributed by atoms with Crippen LogP contribution >= 0.6 is 0 Å². The molecule has 17 heavy (non-hydrogen) atoms. The largest absolute Gasteiger partial charge is 0.354 e. The number of amides is 1. The molecule has 1 aliphatic rings. The molecule has 4 nitrogen and oxygen atoms in total. The molecule has 0 aromatic heterocycles. The van der Waals surface area contributed by atoms with Crippen molar-refractivity contribution >= 4 is 5.91 Å². The molecule has 1 atom stereocenters. The van der Waals surface area contributed by atoms with Gasteiger partial charge in [-0.1, -0.05) is 13.8 Å². The monoisotopic (exact) mass is 237 g/mol. The molecule has 1 aliphatic carbocycles. The van der Waals surface area contributed by atoms with Crippen molar-refractivity contribution in [3.05, 3.63) is 0 Å². The maximum Gasteiger partial charge on any atom is 0.236 e. The molecule has 1 unspecified atom stereocenters. The van der Waals surface area contributed by atoms with Crippen LogP contribution < -0.4 is 10.6 Å². The molecule has 0 aromatic rings. The average molecular weight is 237 g/mol. The minimum Gasteiger partial charge on any atom is -0.354 e. The van der Waals surface area contributed by atoms with Gasteiger partial charge in [0.05, 0.1) is 12.1 Å². The highest BCUT2D eigenvalue weighted by Crippen LogP contribution is 2.47. The van der Waals surface area contributed by atoms with Gasteiger partial charge in [0, 0.05) is 19.5 Å². The Morgan fingerprint density at radius 2 is 2.06 bits per heavy atom. The molecule has 0 spiro atoms. The summed E-state index contributed by atoms with van der Waals surface area (Å²) >= 11 is 0. The van der Waals surface area contributed by atoms with Crippen LogP contribution in [0, 0.1) is 22.7 Å². The van der Waals surface area contributed by atoms with Crippen molar-refractivity contribution < 1.29 is 4.79 Å². The number of nitrogens with zero attached hydrogens (tertiary/aromatic N) is 1. The Kier molecular flexibility index (Phi) is 4.95. The van der Waals surface area contributed by atoms with Gasteiger partial charge in [-0.3, -0.25) is 4.79 Å². The molecule has 0 aromatic carbocycles. The van der Waals surface area contributed by atoms with Crippen LogP contribution in [0.2, 0.25) is 0 Å². The molecule has 2 N–H and O–H groups in total. The van der Waals surface area contributed by atoms with Gasteiger partial charge >= 0.3 is 0 Å². The fourth-order valence-corrected chi connectivity index (χ4v) is 1.68. The summed E-state index contributed by atoms with van der Waals surface area (Å²) in [7, 11) is 0. The highest BCUT2D eigenvalue weighted by molar-refractivity contribution is 5.81. The van der Waals surface area contributed by atoms with Crippen molar-refractivity contribution in [1.29, 1.82) is 5.26 Å². The lowest BCUT2D eigenvalue weighted by molar-refractivity contribution is -0.122. The summed E-state index contributed by atoms with van der Waals surface area (Å²) in [5.74, 6) is 0.519. The highest BCUT2D eigenvalue weighted by atomic mass is 16.2. The van der Waals surface area contributed by atoms with Crippen molar-refractivity contribution in [1.82, 2.24) is 10.6 Å². The minimum absolute atomic E-state index is 0.0476. The maximum atomic E-state index is 11.7. The summed E-state index contributed by atoms with van der Waals surface area (Å²) in [4.78, 5) is 11.7. The van der Waals surface area contributed by atoms with E-state index >= 15 is 0 Å². The molecule has 0 aliphatic heterocycles. The quantitative estimate of drug-likeness (QED) is 0.704. The van der Waals surface area contributed by atoms with E-state index < -0.39 is 0 Å². The maximum absolute atomic E-state index is 11.7. The van der Waals surface area contributed by atoms with Crippen LogP contribution in [0.5, 0.6) is 0 Å². The van der Waals surface area contributed by atoms with E-state index in [1.165, 1.54) is 0 Å². The van der Waals surface area contributed by atoms with E-state index in [1.807, 2.05) is 6.92 Å². The second-order valence-electron chi connectivity index (χ2n) is 5.58. The molecule has 1 fully saturated rings. The smallest absolute Gasteiger partial charge is 0.236 e. The zero-order chi connectivity index (χ0) is 12.9. The van der Waals surface area contributed by atoms with Crippen LogP contribution in [-0.2, 0) is 4.79 Å². The van der Waals surface area contributed by atoms with Crippen LogP contribution in [0.1, 0.15) is 40.0 Å². The second kappa shape index (κ2) is 6.02. The average Bonchev–Trinajstić information content (AvgIpc) is 3.03. The molecule has 1 saturated carbocycles. The molecule has 1 amide bonds. The van der Waals surface area contributed by atoms with E-state index in [-0.39, 0.29) is 17.4 Å². The normalized spacial score (nSPS) is 18.5. The Balaban J connectivity index is 2.23. The Morgan fingerprint density at radius 1 is 1.41 bits per heavy atom. The summed E-state index contributed by atoms with van der Waals surface area (Å²) < 4.78 is 0. The van der Waals surface area contributed by atoms with Gasteiger partial charge < -0.3 is 10.6 Å². The fourth-order valence-electron chi connectivity index (χ4n) is 1.68. The minimum atomic E-state index is -0.176. The topological polar surface area (TPSA) is 64.9 Å². The van der Waals surface area contributed by atoms with Crippen molar-refractivity contribution in [2.24, 2.45) is 11.3 Å². The number of carbonyl (C=O) groups is 1. The van der Waals surface area contributed by atoms with Crippen LogP contribution in [0.15, 0.2) is 0 Å². The predicted molar refractivity (Wildman–Crippen MR) is 67.2 cm³/mol. The summed E-state index contributed by atoms with van der Waals surface area (Å²) in [5.41, 5.74) is 0.154. The van der Waals surface area contributed by atoms with E-state index in [4.69, 9.17) is 5.26 Å². The molecule has 1 rings (SSSR count). The summed E-state index contributed by atoms with van der Waals surface area (Å²) in [6.45, 7) is 7.51. The van der Waals surface area contributed by atoms with Gasteiger partial charge in [-0.2, -0.15) is 5.26 Å². The lowest BCUT2D eigenvalue weighted by Crippen LogP contribution is -2.45. The lowest BCUT2D eigenvalue weighted by atomic mass is 10.0. The van der Waals surface area contributed by atoms with E-state index in [1.54, 1.807) is 0 Å². The third-order valence-corrected chi connectivity index (χ3v) is 3.27. The Bertz CT molecular complexity index is 302. The van der Waals surface area contributed by atoms with Gasteiger partial charge in [-0.25, -0.2) is 0 Å². The Labute approximate surface area is 104 Å². The first-order valence-electron chi connectivity index (χ1n) is 6.37. The van der Waals surface area contributed by atoms with Crippen molar-refractivity contribution in [2.75, 3.05) is 13.1 Å². The third kappa shape index (κ3) is 4.74. The van der Waals surface area contributed by atoms with Gasteiger partial charge in [-0.15, -0.1) is 0 Å². The Hall–Kier alpha value is -1.08. The highest BCUT2D eigenvalue weighted by Gasteiger charge is 2.42. The number of hydrogen-bond donors (Lipinski definition) is 2. The first-order chi connectivity index (χ1) is 7.99. The molecule has 0 bridgehead atoms. The van der Waals surface area contributed by atoms with E-state index in [0.29, 0.717) is 18.9 Å². The number of carbonyl (C=O) groups excluding carboxylic acids is 1. The van der Waals surface area contributed by atoms with E-state index in [2.05, 4.69) is 30.6 Å². The number of nitrogens with one attached hydrogen (secondary N) is 2. The summed E-state index contributed by atoms with van der Waals surface area (Å²) in [6.07, 6.45) is 2.81. The van der Waals surface area contributed by atoms with Crippen LogP contribution in [-0.4, -0.2) is 25.0 Å².